The Balaban J connectivity index is 1.91. The highest BCUT2D eigenvalue weighted by atomic mass is 32.2. The molecule has 0 radical (unpaired) electrons. The molecule has 0 spiro atoms. The Labute approximate surface area is 155 Å². The molecule has 1 aromatic heterocycles. The Morgan fingerprint density at radius 1 is 1.04 bits per heavy atom. The maximum absolute atomic E-state index is 12.9. The molecule has 2 heterocycles. The summed E-state index contributed by atoms with van der Waals surface area (Å²) in [7, 11) is 4.26. The van der Waals surface area contributed by atoms with Gasteiger partial charge in [-0.05, 0) is 12.0 Å². The van der Waals surface area contributed by atoms with Crippen molar-refractivity contribution in [3.63, 3.8) is 0 Å². The van der Waals surface area contributed by atoms with Crippen LogP contribution in [0.1, 0.15) is 16.8 Å². The second-order valence-electron chi connectivity index (χ2n) is 6.89. The van der Waals surface area contributed by atoms with Gasteiger partial charge in [-0.2, -0.15) is 9.29 Å². The molecular formula is C18H25N5O2S. The van der Waals surface area contributed by atoms with E-state index in [9.17, 15) is 8.42 Å². The third kappa shape index (κ3) is 3.81. The topological polar surface area (TPSA) is 69.6 Å². The molecule has 0 N–H and O–H groups in total. The number of anilines is 2. The fourth-order valence-electron chi connectivity index (χ4n) is 3.06. The summed E-state index contributed by atoms with van der Waals surface area (Å²) >= 11 is 0. The number of aromatic nitrogens is 2. The van der Waals surface area contributed by atoms with Gasteiger partial charge >= 0.3 is 0 Å². The summed E-state index contributed by atoms with van der Waals surface area (Å²) in [5.74, 6) is 1.46. The second-order valence-corrected chi connectivity index (χ2v) is 8.86. The van der Waals surface area contributed by atoms with Crippen LogP contribution < -0.4 is 9.80 Å². The number of hydrogen-bond donors (Lipinski definition) is 0. The van der Waals surface area contributed by atoms with E-state index in [1.165, 1.54) is 4.31 Å². The van der Waals surface area contributed by atoms with Gasteiger partial charge in [0.15, 0.2) is 0 Å². The van der Waals surface area contributed by atoms with Gasteiger partial charge in [-0.3, -0.25) is 0 Å². The number of sulfonamides is 1. The summed E-state index contributed by atoms with van der Waals surface area (Å²) in [6.07, 6.45) is 0.616. The molecule has 0 bridgehead atoms. The number of fused-ring (bicyclic) bond motifs is 1. The molecule has 140 valence electrons. The van der Waals surface area contributed by atoms with Crippen molar-refractivity contribution in [1.29, 1.82) is 0 Å². The van der Waals surface area contributed by atoms with Gasteiger partial charge in [0.05, 0.1) is 18.0 Å². The van der Waals surface area contributed by atoms with Gasteiger partial charge in [0.2, 0.25) is 16.0 Å². The van der Waals surface area contributed by atoms with E-state index in [-0.39, 0.29) is 12.3 Å². The van der Waals surface area contributed by atoms with Crippen LogP contribution in [0.25, 0.3) is 0 Å². The zero-order valence-electron chi connectivity index (χ0n) is 15.7. The van der Waals surface area contributed by atoms with Crippen LogP contribution >= 0.6 is 0 Å². The van der Waals surface area contributed by atoms with Gasteiger partial charge < -0.3 is 9.80 Å². The Kier molecular flexibility index (Phi) is 5.15. The Bertz CT molecular complexity index is 882. The highest BCUT2D eigenvalue weighted by Crippen LogP contribution is 2.29. The minimum absolute atomic E-state index is 0.00926. The summed E-state index contributed by atoms with van der Waals surface area (Å²) in [6, 6.07) is 9.28. The molecule has 0 aliphatic carbocycles. The van der Waals surface area contributed by atoms with Gasteiger partial charge in [-0.1, -0.05) is 30.3 Å². The van der Waals surface area contributed by atoms with Gasteiger partial charge in [0.1, 0.15) is 5.82 Å². The molecule has 0 saturated carbocycles. The van der Waals surface area contributed by atoms with Crippen LogP contribution in [0.5, 0.6) is 0 Å². The summed E-state index contributed by atoms with van der Waals surface area (Å²) in [4.78, 5) is 13.0. The lowest BCUT2D eigenvalue weighted by atomic mass is 10.1. The highest BCUT2D eigenvalue weighted by Gasteiger charge is 2.30. The largest absolute Gasteiger partial charge is 0.362 e. The molecule has 0 saturated heterocycles. The van der Waals surface area contributed by atoms with E-state index in [2.05, 4.69) is 9.97 Å². The van der Waals surface area contributed by atoms with Crippen molar-refractivity contribution in [2.45, 2.75) is 18.7 Å². The van der Waals surface area contributed by atoms with Crippen molar-refractivity contribution in [2.24, 2.45) is 0 Å². The lowest BCUT2D eigenvalue weighted by Gasteiger charge is -2.30. The molecule has 8 heteroatoms. The first kappa shape index (κ1) is 18.6. The quantitative estimate of drug-likeness (QED) is 0.789. The molecule has 1 aliphatic heterocycles. The summed E-state index contributed by atoms with van der Waals surface area (Å²) in [6.45, 7) is 0.738. The molecule has 3 rings (SSSR count). The lowest BCUT2D eigenvalue weighted by Crippen LogP contribution is -2.38. The van der Waals surface area contributed by atoms with Gasteiger partial charge in [0.25, 0.3) is 0 Å². The molecule has 1 aliphatic rings. The van der Waals surface area contributed by atoms with Gasteiger partial charge in [0, 0.05) is 40.3 Å². The minimum atomic E-state index is -3.40. The zero-order chi connectivity index (χ0) is 18.9. The van der Waals surface area contributed by atoms with Crippen LogP contribution in [0.3, 0.4) is 0 Å². The number of rotatable bonds is 5. The minimum Gasteiger partial charge on any atom is -0.362 e. The maximum Gasteiger partial charge on any atom is 0.227 e. The monoisotopic (exact) mass is 375 g/mol. The van der Waals surface area contributed by atoms with Crippen molar-refractivity contribution >= 4 is 21.8 Å². The number of hydrogen-bond acceptors (Lipinski definition) is 6. The van der Waals surface area contributed by atoms with Crippen LogP contribution in [0.4, 0.5) is 11.8 Å². The molecule has 26 heavy (non-hydrogen) atoms. The first-order valence-corrected chi connectivity index (χ1v) is 10.1. The Morgan fingerprint density at radius 3 is 2.35 bits per heavy atom. The summed E-state index contributed by atoms with van der Waals surface area (Å²) < 4.78 is 27.3. The molecular weight excluding hydrogens is 350 g/mol. The molecule has 1 aromatic carbocycles. The summed E-state index contributed by atoms with van der Waals surface area (Å²) in [5, 5.41) is 0. The number of nitrogens with zero attached hydrogens (tertiary/aromatic N) is 5. The van der Waals surface area contributed by atoms with Crippen LogP contribution in [0.15, 0.2) is 30.3 Å². The highest BCUT2D eigenvalue weighted by molar-refractivity contribution is 7.88. The summed E-state index contributed by atoms with van der Waals surface area (Å²) in [5.41, 5.74) is 2.62. The van der Waals surface area contributed by atoms with E-state index in [0.29, 0.717) is 18.9 Å². The van der Waals surface area contributed by atoms with Crippen molar-refractivity contribution in [2.75, 3.05) is 44.5 Å². The molecule has 7 nitrogen and oxygen atoms in total. The average molecular weight is 375 g/mol. The first-order chi connectivity index (χ1) is 12.3. The van der Waals surface area contributed by atoms with Crippen molar-refractivity contribution < 1.29 is 8.42 Å². The predicted molar refractivity (Wildman–Crippen MR) is 104 cm³/mol. The third-order valence-corrected chi connectivity index (χ3v) is 6.20. The average Bonchev–Trinajstić information content (AvgIpc) is 2.60. The molecule has 0 unspecified atom stereocenters. The fourth-order valence-corrected chi connectivity index (χ4v) is 4.54. The molecule has 0 atom stereocenters. The normalized spacial score (nSPS) is 14.8. The SMILES string of the molecule is CN(C)c1nc2c(c(N(C)C)n1)CCN(S(=O)(=O)Cc1ccccc1)C2. The van der Waals surface area contributed by atoms with E-state index in [1.807, 2.05) is 68.3 Å². The van der Waals surface area contributed by atoms with Crippen LogP contribution in [-0.2, 0) is 28.7 Å². The Hall–Kier alpha value is -2.19. The lowest BCUT2D eigenvalue weighted by molar-refractivity contribution is 0.384. The zero-order valence-corrected chi connectivity index (χ0v) is 16.5. The molecule has 0 fully saturated rings. The number of benzene rings is 1. The predicted octanol–water partition coefficient (Wildman–Crippen LogP) is 1.50. The van der Waals surface area contributed by atoms with Gasteiger partial charge in [-0.15, -0.1) is 0 Å². The third-order valence-electron chi connectivity index (χ3n) is 4.41. The first-order valence-electron chi connectivity index (χ1n) is 8.54. The van der Waals surface area contributed by atoms with E-state index in [4.69, 9.17) is 0 Å². The van der Waals surface area contributed by atoms with E-state index in [1.54, 1.807) is 0 Å². The smallest absolute Gasteiger partial charge is 0.227 e. The van der Waals surface area contributed by atoms with E-state index < -0.39 is 10.0 Å². The maximum atomic E-state index is 12.9. The van der Waals surface area contributed by atoms with E-state index in [0.717, 1.165) is 22.6 Å². The Morgan fingerprint density at radius 2 is 1.73 bits per heavy atom. The van der Waals surface area contributed by atoms with Crippen LogP contribution in [-0.4, -0.2) is 57.4 Å². The van der Waals surface area contributed by atoms with Crippen molar-refractivity contribution in [3.8, 4) is 0 Å². The van der Waals surface area contributed by atoms with Gasteiger partial charge in [-0.25, -0.2) is 13.4 Å². The van der Waals surface area contributed by atoms with Crippen LogP contribution in [0, 0.1) is 0 Å². The molecule has 2 aromatic rings. The second kappa shape index (κ2) is 7.20. The fraction of sp³-hybridized carbons (Fsp3) is 0.444. The molecule has 0 amide bonds. The van der Waals surface area contributed by atoms with Crippen molar-refractivity contribution in [3.05, 3.63) is 47.2 Å². The van der Waals surface area contributed by atoms with E-state index >= 15 is 0 Å². The standard InChI is InChI=1S/C18H25N5O2S/c1-21(2)17-15-10-11-23(12-16(15)19-18(20-17)22(3)4)26(24,25)13-14-8-6-5-7-9-14/h5-9H,10-13H2,1-4H3. The van der Waals surface area contributed by atoms with Crippen LogP contribution in [0.2, 0.25) is 0 Å². The van der Waals surface area contributed by atoms with Crippen molar-refractivity contribution in [1.82, 2.24) is 14.3 Å².